The lowest BCUT2D eigenvalue weighted by atomic mass is 10.1. The Hall–Kier alpha value is -1.46. The number of halogens is 1. The van der Waals surface area contributed by atoms with Crippen LogP contribution in [0.2, 0.25) is 0 Å². The fraction of sp³-hybridized carbons (Fsp3) is 0.400. The van der Waals surface area contributed by atoms with Gasteiger partial charge in [-0.1, -0.05) is 17.8 Å². The molecule has 106 valence electrons. The Morgan fingerprint density at radius 1 is 1.15 bits per heavy atom. The van der Waals surface area contributed by atoms with E-state index in [1.807, 2.05) is 0 Å². The van der Waals surface area contributed by atoms with Crippen molar-refractivity contribution in [1.29, 1.82) is 0 Å². The average Bonchev–Trinajstić information content (AvgIpc) is 2.81. The van der Waals surface area contributed by atoms with Gasteiger partial charge in [0.15, 0.2) is 0 Å². The van der Waals surface area contributed by atoms with Gasteiger partial charge in [0.05, 0.1) is 5.69 Å². The zero-order valence-electron chi connectivity index (χ0n) is 11.2. The van der Waals surface area contributed by atoms with Crippen molar-refractivity contribution in [2.75, 3.05) is 13.1 Å². The van der Waals surface area contributed by atoms with Gasteiger partial charge in [-0.15, -0.1) is 0 Å². The molecule has 1 aromatic carbocycles. The lowest BCUT2D eigenvalue weighted by molar-refractivity contribution is 0.223. The summed E-state index contributed by atoms with van der Waals surface area (Å²) in [5.41, 5.74) is 1.71. The minimum atomic E-state index is -0.260. The molecule has 0 spiro atoms. The van der Waals surface area contributed by atoms with Crippen LogP contribution in [0.15, 0.2) is 29.1 Å². The van der Waals surface area contributed by atoms with Crippen LogP contribution in [0.25, 0.3) is 11.3 Å². The first-order valence-electron chi connectivity index (χ1n) is 6.92. The smallest absolute Gasteiger partial charge is 0.305 e. The van der Waals surface area contributed by atoms with Gasteiger partial charge in [0, 0.05) is 11.4 Å². The highest BCUT2D eigenvalue weighted by atomic mass is 32.1. The summed E-state index contributed by atoms with van der Waals surface area (Å²) in [7, 11) is 0. The van der Waals surface area contributed by atoms with Crippen molar-refractivity contribution in [3.8, 4) is 11.3 Å². The van der Waals surface area contributed by atoms with E-state index >= 15 is 0 Å². The number of benzene rings is 1. The van der Waals surface area contributed by atoms with Gasteiger partial charge in [0.1, 0.15) is 5.82 Å². The van der Waals surface area contributed by atoms with E-state index in [0.29, 0.717) is 0 Å². The highest BCUT2D eigenvalue weighted by Crippen LogP contribution is 2.25. The van der Waals surface area contributed by atoms with Gasteiger partial charge < -0.3 is 4.98 Å². The lowest BCUT2D eigenvalue weighted by Gasteiger charge is -2.26. The summed E-state index contributed by atoms with van der Waals surface area (Å²) in [6.45, 7) is 2.99. The number of hydrogen-bond donors (Lipinski definition) is 1. The third-order valence-corrected chi connectivity index (χ3v) is 4.54. The molecule has 3 rings (SSSR count). The van der Waals surface area contributed by atoms with Crippen LogP contribution in [0, 0.1) is 5.82 Å². The third-order valence-electron chi connectivity index (χ3n) is 3.67. The standard InChI is InChI=1S/C15H17FN2OS/c16-12-6-4-11(5-7-12)14-13(20-15(19)17-14)10-18-8-2-1-3-9-18/h4-7H,1-3,8-10H2,(H,17,19). The number of aromatic amines is 1. The van der Waals surface area contributed by atoms with E-state index in [1.54, 1.807) is 12.1 Å². The first-order chi connectivity index (χ1) is 9.72. The van der Waals surface area contributed by atoms with Crippen molar-refractivity contribution < 1.29 is 4.39 Å². The molecule has 1 aliphatic rings. The lowest BCUT2D eigenvalue weighted by Crippen LogP contribution is -2.28. The molecule has 2 heterocycles. The van der Waals surface area contributed by atoms with Gasteiger partial charge in [0.2, 0.25) is 0 Å². The normalized spacial score (nSPS) is 16.4. The molecule has 1 fully saturated rings. The number of nitrogens with one attached hydrogen (secondary N) is 1. The monoisotopic (exact) mass is 292 g/mol. The van der Waals surface area contributed by atoms with Crippen LogP contribution in [0.3, 0.4) is 0 Å². The summed E-state index contributed by atoms with van der Waals surface area (Å²) in [5, 5.41) is 0. The second-order valence-electron chi connectivity index (χ2n) is 5.16. The Bertz CT molecular complexity index is 626. The molecule has 5 heteroatoms. The molecule has 1 N–H and O–H groups in total. The topological polar surface area (TPSA) is 36.1 Å². The van der Waals surface area contributed by atoms with Crippen molar-refractivity contribution in [3.05, 3.63) is 44.6 Å². The second kappa shape index (κ2) is 5.89. The van der Waals surface area contributed by atoms with Crippen LogP contribution in [-0.4, -0.2) is 23.0 Å². The maximum Gasteiger partial charge on any atom is 0.305 e. The van der Waals surface area contributed by atoms with E-state index in [1.165, 1.54) is 42.7 Å². The number of hydrogen-bond acceptors (Lipinski definition) is 3. The Labute approximate surface area is 121 Å². The van der Waals surface area contributed by atoms with E-state index in [0.717, 1.165) is 35.8 Å². The van der Waals surface area contributed by atoms with E-state index in [9.17, 15) is 9.18 Å². The molecular weight excluding hydrogens is 275 g/mol. The SMILES string of the molecule is O=c1[nH]c(-c2ccc(F)cc2)c(CN2CCCCC2)s1. The highest BCUT2D eigenvalue weighted by Gasteiger charge is 2.16. The minimum Gasteiger partial charge on any atom is -0.312 e. The Morgan fingerprint density at radius 2 is 1.85 bits per heavy atom. The van der Waals surface area contributed by atoms with Crippen LogP contribution in [0.5, 0.6) is 0 Å². The predicted octanol–water partition coefficient (Wildman–Crippen LogP) is 3.23. The van der Waals surface area contributed by atoms with Crippen LogP contribution in [0.1, 0.15) is 24.1 Å². The zero-order chi connectivity index (χ0) is 13.9. The van der Waals surface area contributed by atoms with E-state index in [2.05, 4.69) is 9.88 Å². The fourth-order valence-electron chi connectivity index (χ4n) is 2.64. The first kappa shape index (κ1) is 13.5. The molecule has 1 aliphatic heterocycles. The van der Waals surface area contributed by atoms with Gasteiger partial charge in [-0.05, 0) is 55.8 Å². The van der Waals surface area contributed by atoms with Gasteiger partial charge >= 0.3 is 4.87 Å². The summed E-state index contributed by atoms with van der Waals surface area (Å²) in [6.07, 6.45) is 3.75. The highest BCUT2D eigenvalue weighted by molar-refractivity contribution is 7.09. The van der Waals surface area contributed by atoms with Crippen LogP contribution >= 0.6 is 11.3 Å². The van der Waals surface area contributed by atoms with E-state index < -0.39 is 0 Å². The molecule has 0 aliphatic carbocycles. The largest absolute Gasteiger partial charge is 0.312 e. The molecule has 0 unspecified atom stereocenters. The maximum atomic E-state index is 13.0. The summed E-state index contributed by atoms with van der Waals surface area (Å²) < 4.78 is 13.0. The molecule has 20 heavy (non-hydrogen) atoms. The number of piperidine rings is 1. The third kappa shape index (κ3) is 2.99. The van der Waals surface area contributed by atoms with Crippen molar-refractivity contribution in [2.24, 2.45) is 0 Å². The quantitative estimate of drug-likeness (QED) is 0.943. The number of thiazole rings is 1. The zero-order valence-corrected chi connectivity index (χ0v) is 12.0. The molecule has 2 aromatic rings. The van der Waals surface area contributed by atoms with Crippen molar-refractivity contribution in [1.82, 2.24) is 9.88 Å². The first-order valence-corrected chi connectivity index (χ1v) is 7.74. The molecule has 0 bridgehead atoms. The van der Waals surface area contributed by atoms with E-state index in [4.69, 9.17) is 0 Å². The fourth-order valence-corrected chi connectivity index (χ4v) is 3.54. The van der Waals surface area contributed by atoms with Gasteiger partial charge in [-0.2, -0.15) is 0 Å². The summed E-state index contributed by atoms with van der Waals surface area (Å²) in [4.78, 5) is 17.9. The van der Waals surface area contributed by atoms with Crippen LogP contribution < -0.4 is 4.87 Å². The molecule has 1 aromatic heterocycles. The summed E-state index contributed by atoms with van der Waals surface area (Å²) in [6, 6.07) is 6.28. The number of aromatic nitrogens is 1. The molecule has 0 atom stereocenters. The molecule has 0 saturated carbocycles. The maximum absolute atomic E-state index is 13.0. The van der Waals surface area contributed by atoms with Crippen molar-refractivity contribution in [3.63, 3.8) is 0 Å². The predicted molar refractivity (Wildman–Crippen MR) is 79.5 cm³/mol. The summed E-state index contributed by atoms with van der Waals surface area (Å²) in [5.74, 6) is -0.260. The number of likely N-dealkylation sites (tertiary alicyclic amines) is 1. The molecule has 3 nitrogen and oxygen atoms in total. The van der Waals surface area contributed by atoms with Crippen LogP contribution in [0.4, 0.5) is 4.39 Å². The molecule has 0 radical (unpaired) electrons. The number of H-pyrrole nitrogens is 1. The number of rotatable bonds is 3. The molecular formula is C15H17FN2OS. The van der Waals surface area contributed by atoms with Crippen molar-refractivity contribution >= 4 is 11.3 Å². The van der Waals surface area contributed by atoms with Gasteiger partial charge in [-0.25, -0.2) is 4.39 Å². The van der Waals surface area contributed by atoms with Crippen LogP contribution in [-0.2, 0) is 6.54 Å². The Balaban J connectivity index is 1.87. The minimum absolute atomic E-state index is 0.0451. The average molecular weight is 292 g/mol. The van der Waals surface area contributed by atoms with Gasteiger partial charge in [0.25, 0.3) is 0 Å². The van der Waals surface area contributed by atoms with E-state index in [-0.39, 0.29) is 10.7 Å². The second-order valence-corrected chi connectivity index (χ2v) is 6.22. The molecule has 0 amide bonds. The van der Waals surface area contributed by atoms with Gasteiger partial charge in [-0.3, -0.25) is 9.69 Å². The number of nitrogens with zero attached hydrogens (tertiary/aromatic N) is 1. The summed E-state index contributed by atoms with van der Waals surface area (Å²) >= 11 is 1.26. The molecule has 1 saturated heterocycles. The van der Waals surface area contributed by atoms with Crippen molar-refractivity contribution in [2.45, 2.75) is 25.8 Å². The Kier molecular flexibility index (Phi) is 3.98. The Morgan fingerprint density at radius 3 is 2.55 bits per heavy atom.